The van der Waals surface area contributed by atoms with Crippen molar-refractivity contribution in [2.45, 2.75) is 110 Å². The summed E-state index contributed by atoms with van der Waals surface area (Å²) in [5.74, 6) is -3.70. The second-order valence-corrected chi connectivity index (χ2v) is 11.1. The molecule has 202 valence electrons. The number of aliphatic hydroxyl groups excluding tert-OH is 2. The summed E-state index contributed by atoms with van der Waals surface area (Å²) in [5.41, 5.74) is -2.05. The first-order valence-electron chi connectivity index (χ1n) is 13.1. The van der Waals surface area contributed by atoms with Crippen LogP contribution >= 0.6 is 0 Å². The average molecular weight is 509 g/mol. The molecule has 0 amide bonds. The highest BCUT2D eigenvalue weighted by atomic mass is 16.6. The maximum absolute atomic E-state index is 13.2. The van der Waals surface area contributed by atoms with Crippen molar-refractivity contribution >= 4 is 24.2 Å². The van der Waals surface area contributed by atoms with Gasteiger partial charge in [-0.05, 0) is 42.6 Å². The maximum Gasteiger partial charge on any atom is 0.347 e. The summed E-state index contributed by atoms with van der Waals surface area (Å²) in [5, 5.41) is 22.1. The first kappa shape index (κ1) is 28.3. The molecule has 1 spiro atoms. The maximum atomic E-state index is 13.2. The molecule has 1 heterocycles. The highest BCUT2D eigenvalue weighted by molar-refractivity contribution is 5.87. The van der Waals surface area contributed by atoms with Crippen molar-refractivity contribution in [1.29, 1.82) is 0 Å². The van der Waals surface area contributed by atoms with E-state index < -0.39 is 65.2 Å². The molecule has 1 aliphatic heterocycles. The average Bonchev–Trinajstić information content (AvgIpc) is 3.08. The predicted octanol–water partition coefficient (Wildman–Crippen LogP) is 2.99. The standard InChI is InChI=1S/C27H40O9/c1-5-6-7-8-9-10-11-18(34-16(2)29)23(31)35-19-14-26(3,4)20-13-12-17(15-28)21-24(32)36-25(33)27(20,21)22(19)30/h12,15,18-22,24,30,32H,5-11,13-14H2,1-4H3/t18-,19+,20+,21-,22+,24+,27-/m1/s1. The zero-order valence-electron chi connectivity index (χ0n) is 21.7. The molecule has 0 aromatic heterocycles. The summed E-state index contributed by atoms with van der Waals surface area (Å²) in [4.78, 5) is 49.8. The van der Waals surface area contributed by atoms with Crippen LogP contribution in [0, 0.1) is 22.7 Å². The van der Waals surface area contributed by atoms with Crippen molar-refractivity contribution in [3.05, 3.63) is 11.6 Å². The Morgan fingerprint density at radius 1 is 1.19 bits per heavy atom. The van der Waals surface area contributed by atoms with Gasteiger partial charge in [0.05, 0.1) is 5.92 Å². The Morgan fingerprint density at radius 3 is 2.50 bits per heavy atom. The van der Waals surface area contributed by atoms with Gasteiger partial charge in [-0.2, -0.15) is 0 Å². The van der Waals surface area contributed by atoms with E-state index in [-0.39, 0.29) is 12.0 Å². The molecule has 3 rings (SSSR count). The normalized spacial score (nSPS) is 33.4. The van der Waals surface area contributed by atoms with Crippen molar-refractivity contribution in [2.24, 2.45) is 22.7 Å². The molecule has 1 saturated heterocycles. The zero-order valence-corrected chi connectivity index (χ0v) is 21.7. The summed E-state index contributed by atoms with van der Waals surface area (Å²) in [6.07, 6.45) is 3.77. The minimum Gasteiger partial charge on any atom is -0.457 e. The summed E-state index contributed by atoms with van der Waals surface area (Å²) in [6, 6.07) is 0. The lowest BCUT2D eigenvalue weighted by Gasteiger charge is -2.56. The fourth-order valence-electron chi connectivity index (χ4n) is 6.56. The van der Waals surface area contributed by atoms with Gasteiger partial charge in [-0.1, -0.05) is 59.0 Å². The molecule has 2 aliphatic carbocycles. The topological polar surface area (TPSA) is 136 Å². The molecule has 0 bridgehead atoms. The molecule has 9 nitrogen and oxygen atoms in total. The van der Waals surface area contributed by atoms with Crippen LogP contribution in [0.3, 0.4) is 0 Å². The second kappa shape index (κ2) is 11.4. The minimum atomic E-state index is -1.63. The van der Waals surface area contributed by atoms with Gasteiger partial charge in [0.25, 0.3) is 0 Å². The van der Waals surface area contributed by atoms with Crippen LogP contribution in [0.15, 0.2) is 11.6 Å². The van der Waals surface area contributed by atoms with E-state index >= 15 is 0 Å². The third kappa shape index (κ3) is 5.23. The van der Waals surface area contributed by atoms with E-state index in [4.69, 9.17) is 14.2 Å². The number of hydrogen-bond donors (Lipinski definition) is 2. The van der Waals surface area contributed by atoms with Gasteiger partial charge in [-0.25, -0.2) is 4.79 Å². The molecule has 36 heavy (non-hydrogen) atoms. The number of unbranched alkanes of at least 4 members (excludes halogenated alkanes) is 5. The number of carbonyl (C=O) groups is 4. The molecule has 2 N–H and O–H groups in total. The summed E-state index contributed by atoms with van der Waals surface area (Å²) >= 11 is 0. The predicted molar refractivity (Wildman–Crippen MR) is 128 cm³/mol. The van der Waals surface area contributed by atoms with E-state index in [0.717, 1.165) is 32.1 Å². The highest BCUT2D eigenvalue weighted by Gasteiger charge is 2.73. The first-order valence-corrected chi connectivity index (χ1v) is 13.1. The quantitative estimate of drug-likeness (QED) is 0.187. The number of allylic oxidation sites excluding steroid dienone is 1. The van der Waals surface area contributed by atoms with Crippen molar-refractivity contribution < 1.29 is 43.6 Å². The Hall–Kier alpha value is -2.26. The first-order chi connectivity index (χ1) is 17.0. The Kier molecular flexibility index (Phi) is 8.98. The molecule has 9 heteroatoms. The number of rotatable bonds is 11. The fourth-order valence-corrected chi connectivity index (χ4v) is 6.56. The molecule has 3 aliphatic rings. The number of cyclic esters (lactones) is 1. The lowest BCUT2D eigenvalue weighted by molar-refractivity contribution is -0.212. The molecule has 0 aromatic rings. The lowest BCUT2D eigenvalue weighted by atomic mass is 9.46. The number of aldehydes is 1. The van der Waals surface area contributed by atoms with Crippen LogP contribution in [0.5, 0.6) is 0 Å². The Balaban J connectivity index is 1.81. The van der Waals surface area contributed by atoms with Crippen molar-refractivity contribution in [3.63, 3.8) is 0 Å². The fraction of sp³-hybridized carbons (Fsp3) is 0.778. The van der Waals surface area contributed by atoms with Gasteiger partial charge in [0.2, 0.25) is 6.29 Å². The van der Waals surface area contributed by atoms with Crippen molar-refractivity contribution in [1.82, 2.24) is 0 Å². The molecule has 0 aromatic carbocycles. The molecule has 0 radical (unpaired) electrons. The molecule has 2 fully saturated rings. The van der Waals surface area contributed by atoms with Crippen LogP contribution in [0.4, 0.5) is 0 Å². The van der Waals surface area contributed by atoms with Gasteiger partial charge in [0.15, 0.2) is 6.10 Å². The number of carbonyl (C=O) groups excluding carboxylic acids is 4. The Morgan fingerprint density at radius 2 is 1.86 bits per heavy atom. The van der Waals surface area contributed by atoms with E-state index in [1.54, 1.807) is 6.08 Å². The number of hydrogen-bond acceptors (Lipinski definition) is 9. The Labute approximate surface area is 212 Å². The third-order valence-corrected chi connectivity index (χ3v) is 8.21. The van der Waals surface area contributed by atoms with Crippen LogP contribution in [0.2, 0.25) is 0 Å². The van der Waals surface area contributed by atoms with Gasteiger partial charge in [0, 0.05) is 6.92 Å². The molecule has 7 atom stereocenters. The van der Waals surface area contributed by atoms with E-state index in [1.165, 1.54) is 6.92 Å². The van der Waals surface area contributed by atoms with Crippen LogP contribution in [-0.2, 0) is 33.4 Å². The number of ether oxygens (including phenoxy) is 3. The van der Waals surface area contributed by atoms with Crippen LogP contribution in [-0.4, -0.2) is 59.0 Å². The SMILES string of the molecule is CCCCCCCC[C@@H](OC(C)=O)C(=O)O[C@H]1CC(C)(C)[C@@H]2CC=C(C=O)[C@@H]3[C@@H](O)OC(=O)[C@@]32[C@H]1O. The van der Waals surface area contributed by atoms with Gasteiger partial charge in [0.1, 0.15) is 23.9 Å². The lowest BCUT2D eigenvalue weighted by Crippen LogP contribution is -2.65. The summed E-state index contributed by atoms with van der Waals surface area (Å²) in [6.45, 7) is 7.16. The number of esters is 3. The van der Waals surface area contributed by atoms with Crippen LogP contribution in [0.25, 0.3) is 0 Å². The van der Waals surface area contributed by atoms with Crippen LogP contribution < -0.4 is 0 Å². The van der Waals surface area contributed by atoms with Gasteiger partial charge >= 0.3 is 17.9 Å². The van der Waals surface area contributed by atoms with Crippen molar-refractivity contribution in [3.8, 4) is 0 Å². The molecule has 0 unspecified atom stereocenters. The van der Waals surface area contributed by atoms with E-state index in [0.29, 0.717) is 25.5 Å². The largest absolute Gasteiger partial charge is 0.457 e. The van der Waals surface area contributed by atoms with E-state index in [9.17, 15) is 29.4 Å². The zero-order chi connectivity index (χ0) is 26.7. The van der Waals surface area contributed by atoms with E-state index in [2.05, 4.69) is 6.92 Å². The smallest absolute Gasteiger partial charge is 0.347 e. The third-order valence-electron chi connectivity index (χ3n) is 8.21. The molecular weight excluding hydrogens is 468 g/mol. The number of aliphatic hydroxyl groups is 2. The summed E-state index contributed by atoms with van der Waals surface area (Å²) < 4.78 is 16.1. The van der Waals surface area contributed by atoms with Crippen LogP contribution in [0.1, 0.15) is 85.5 Å². The summed E-state index contributed by atoms with van der Waals surface area (Å²) in [7, 11) is 0. The van der Waals surface area contributed by atoms with Gasteiger partial charge in [-0.3, -0.25) is 14.4 Å². The van der Waals surface area contributed by atoms with E-state index in [1.807, 2.05) is 13.8 Å². The minimum absolute atomic E-state index is 0.187. The van der Waals surface area contributed by atoms with Gasteiger partial charge in [-0.15, -0.1) is 0 Å². The Bertz CT molecular complexity index is 878. The second-order valence-electron chi connectivity index (χ2n) is 11.1. The van der Waals surface area contributed by atoms with Crippen molar-refractivity contribution in [2.75, 3.05) is 0 Å². The monoisotopic (exact) mass is 508 g/mol. The van der Waals surface area contributed by atoms with Gasteiger partial charge < -0.3 is 24.4 Å². The molecule has 1 saturated carbocycles. The molecular formula is C27H40O9. The highest BCUT2D eigenvalue weighted by Crippen LogP contribution is 2.63.